The van der Waals surface area contributed by atoms with Crippen molar-refractivity contribution in [2.45, 2.75) is 6.10 Å². The Balaban J connectivity index is 2.33. The number of nitrogens with zero attached hydrogens (tertiary/aromatic N) is 2. The van der Waals surface area contributed by atoms with Crippen LogP contribution in [0.3, 0.4) is 0 Å². The van der Waals surface area contributed by atoms with E-state index in [1.165, 1.54) is 0 Å². The van der Waals surface area contributed by atoms with Gasteiger partial charge in [0.05, 0.1) is 23.5 Å². The molecule has 1 heterocycles. The van der Waals surface area contributed by atoms with Crippen molar-refractivity contribution in [1.29, 1.82) is 0 Å². The molecule has 1 aromatic carbocycles. The lowest BCUT2D eigenvalue weighted by molar-refractivity contribution is 0.209. The molecule has 0 spiro atoms. The fourth-order valence-electron chi connectivity index (χ4n) is 1.67. The van der Waals surface area contributed by atoms with E-state index in [-0.39, 0.29) is 0 Å². The van der Waals surface area contributed by atoms with E-state index in [1.807, 2.05) is 24.3 Å². The maximum Gasteiger partial charge on any atom is 0.122 e. The van der Waals surface area contributed by atoms with Crippen molar-refractivity contribution < 1.29 is 9.84 Å². The fourth-order valence-corrected chi connectivity index (χ4v) is 2.24. The Morgan fingerprint density at radius 3 is 2.47 bits per heavy atom. The van der Waals surface area contributed by atoms with E-state index in [9.17, 15) is 5.11 Å². The zero-order valence-electron chi connectivity index (χ0n) is 9.59. The first-order valence-electron chi connectivity index (χ1n) is 5.13. The van der Waals surface area contributed by atoms with Crippen LogP contribution in [0.1, 0.15) is 17.4 Å². The lowest BCUT2D eigenvalue weighted by atomic mass is 10.1. The van der Waals surface area contributed by atoms with Crippen molar-refractivity contribution in [2.24, 2.45) is 7.05 Å². The van der Waals surface area contributed by atoms with Gasteiger partial charge >= 0.3 is 0 Å². The molecule has 0 bridgehead atoms. The third-order valence-corrected chi connectivity index (χ3v) is 3.24. The second-order valence-electron chi connectivity index (χ2n) is 3.68. The normalized spacial score (nSPS) is 12.5. The minimum atomic E-state index is -0.706. The molecule has 1 aromatic heterocycles. The van der Waals surface area contributed by atoms with Crippen molar-refractivity contribution in [3.05, 3.63) is 46.2 Å². The maximum atomic E-state index is 10.3. The van der Waals surface area contributed by atoms with Crippen molar-refractivity contribution in [3.8, 4) is 5.75 Å². The number of halogens is 1. The van der Waals surface area contributed by atoms with Crippen LogP contribution >= 0.6 is 15.9 Å². The first-order chi connectivity index (χ1) is 8.13. The summed E-state index contributed by atoms with van der Waals surface area (Å²) >= 11 is 3.38. The minimum Gasteiger partial charge on any atom is -0.497 e. The average Bonchev–Trinajstić information content (AvgIpc) is 2.68. The third kappa shape index (κ3) is 2.35. The van der Waals surface area contributed by atoms with Crippen LogP contribution in [0.2, 0.25) is 0 Å². The maximum absolute atomic E-state index is 10.3. The zero-order valence-corrected chi connectivity index (χ0v) is 11.2. The Hall–Kier alpha value is -1.33. The SMILES string of the molecule is COc1ccc(C(O)c2c(Br)cnn2C)cc1. The van der Waals surface area contributed by atoms with Crippen molar-refractivity contribution in [3.63, 3.8) is 0 Å². The Morgan fingerprint density at radius 2 is 2.00 bits per heavy atom. The number of aryl methyl sites for hydroxylation is 1. The molecular weight excluding hydrogens is 284 g/mol. The highest BCUT2D eigenvalue weighted by Crippen LogP contribution is 2.28. The Bertz CT molecular complexity index is 488. The van der Waals surface area contributed by atoms with Crippen LogP contribution in [0.25, 0.3) is 0 Å². The van der Waals surface area contributed by atoms with Crippen LogP contribution in [-0.2, 0) is 7.05 Å². The third-order valence-electron chi connectivity index (χ3n) is 2.63. The lowest BCUT2D eigenvalue weighted by Crippen LogP contribution is -2.07. The summed E-state index contributed by atoms with van der Waals surface area (Å²) in [6, 6.07) is 7.32. The summed E-state index contributed by atoms with van der Waals surface area (Å²) in [4.78, 5) is 0. The summed E-state index contributed by atoms with van der Waals surface area (Å²) in [7, 11) is 3.41. The van der Waals surface area contributed by atoms with Gasteiger partial charge in [0.25, 0.3) is 0 Å². The van der Waals surface area contributed by atoms with Gasteiger partial charge < -0.3 is 9.84 Å². The Kier molecular flexibility index (Phi) is 3.49. The molecule has 0 aliphatic rings. The molecule has 2 aromatic rings. The van der Waals surface area contributed by atoms with Gasteiger partial charge in [0.15, 0.2) is 0 Å². The van der Waals surface area contributed by atoms with Gasteiger partial charge in [-0.15, -0.1) is 0 Å². The number of benzene rings is 1. The van der Waals surface area contributed by atoms with E-state index >= 15 is 0 Å². The molecule has 4 nitrogen and oxygen atoms in total. The molecule has 0 fully saturated rings. The van der Waals surface area contributed by atoms with Gasteiger partial charge in [-0.3, -0.25) is 4.68 Å². The summed E-state index contributed by atoms with van der Waals surface area (Å²) in [5, 5.41) is 14.4. The van der Waals surface area contributed by atoms with E-state index in [4.69, 9.17) is 4.74 Å². The second-order valence-corrected chi connectivity index (χ2v) is 4.53. The first kappa shape index (κ1) is 12.1. The van der Waals surface area contributed by atoms with Crippen molar-refractivity contribution >= 4 is 15.9 Å². The number of aliphatic hydroxyl groups is 1. The molecule has 0 saturated heterocycles. The predicted octanol–water partition coefficient (Wildman–Crippen LogP) is 2.27. The number of hydrogen-bond donors (Lipinski definition) is 1. The summed E-state index contributed by atoms with van der Waals surface area (Å²) in [5.41, 5.74) is 1.53. The molecule has 1 unspecified atom stereocenters. The topological polar surface area (TPSA) is 47.3 Å². The molecule has 0 aliphatic heterocycles. The zero-order chi connectivity index (χ0) is 12.4. The molecule has 0 amide bonds. The van der Waals surface area contributed by atoms with Crippen molar-refractivity contribution in [1.82, 2.24) is 9.78 Å². The molecule has 0 radical (unpaired) electrons. The van der Waals surface area contributed by atoms with Crippen LogP contribution in [0, 0.1) is 0 Å². The largest absolute Gasteiger partial charge is 0.497 e. The van der Waals surface area contributed by atoms with Gasteiger partial charge in [-0.2, -0.15) is 5.10 Å². The molecule has 0 saturated carbocycles. The van der Waals surface area contributed by atoms with Gasteiger partial charge in [0.2, 0.25) is 0 Å². The quantitative estimate of drug-likeness (QED) is 0.945. The van der Waals surface area contributed by atoms with Crippen LogP contribution in [0.5, 0.6) is 5.75 Å². The summed E-state index contributed by atoms with van der Waals surface area (Å²) in [6.07, 6.45) is 0.963. The van der Waals surface area contributed by atoms with Crippen LogP contribution in [0.15, 0.2) is 34.9 Å². The Labute approximate surface area is 108 Å². The van der Waals surface area contributed by atoms with Gasteiger partial charge in [0, 0.05) is 7.05 Å². The standard InChI is InChI=1S/C12H13BrN2O2/c1-15-11(10(13)7-14-15)12(16)8-3-5-9(17-2)6-4-8/h3-7,12,16H,1-2H3. The summed E-state index contributed by atoms with van der Waals surface area (Å²) in [5.74, 6) is 0.769. The van der Waals surface area contributed by atoms with Crippen LogP contribution in [-0.4, -0.2) is 22.0 Å². The van der Waals surface area contributed by atoms with E-state index in [0.29, 0.717) is 0 Å². The lowest BCUT2D eigenvalue weighted by Gasteiger charge is -2.12. The molecule has 17 heavy (non-hydrogen) atoms. The Morgan fingerprint density at radius 1 is 1.35 bits per heavy atom. The predicted molar refractivity (Wildman–Crippen MR) is 68.0 cm³/mol. The second kappa shape index (κ2) is 4.89. The number of aromatic nitrogens is 2. The minimum absolute atomic E-state index is 0.706. The number of aliphatic hydroxyl groups excluding tert-OH is 1. The number of rotatable bonds is 3. The van der Waals surface area contributed by atoms with Gasteiger partial charge in [-0.1, -0.05) is 12.1 Å². The molecule has 0 aliphatic carbocycles. The molecule has 2 rings (SSSR count). The summed E-state index contributed by atoms with van der Waals surface area (Å²) in [6.45, 7) is 0. The average molecular weight is 297 g/mol. The van der Waals surface area contributed by atoms with E-state index in [1.54, 1.807) is 25.0 Å². The van der Waals surface area contributed by atoms with Gasteiger partial charge in [-0.05, 0) is 33.6 Å². The molecule has 1 N–H and O–H groups in total. The van der Waals surface area contributed by atoms with Gasteiger partial charge in [-0.25, -0.2) is 0 Å². The highest BCUT2D eigenvalue weighted by molar-refractivity contribution is 9.10. The molecule has 5 heteroatoms. The number of hydrogen-bond acceptors (Lipinski definition) is 3. The monoisotopic (exact) mass is 296 g/mol. The molecular formula is C12H13BrN2O2. The smallest absolute Gasteiger partial charge is 0.122 e. The molecule has 1 atom stereocenters. The number of methoxy groups -OCH3 is 1. The highest BCUT2D eigenvalue weighted by Gasteiger charge is 2.17. The van der Waals surface area contributed by atoms with Crippen LogP contribution in [0.4, 0.5) is 0 Å². The highest BCUT2D eigenvalue weighted by atomic mass is 79.9. The molecule has 90 valence electrons. The van der Waals surface area contributed by atoms with E-state index < -0.39 is 6.10 Å². The van der Waals surface area contributed by atoms with Gasteiger partial charge in [0.1, 0.15) is 11.9 Å². The number of ether oxygens (including phenoxy) is 1. The van der Waals surface area contributed by atoms with Crippen LogP contribution < -0.4 is 4.74 Å². The fraction of sp³-hybridized carbons (Fsp3) is 0.250. The summed E-state index contributed by atoms with van der Waals surface area (Å²) < 4.78 is 7.53. The van der Waals surface area contributed by atoms with Crippen molar-refractivity contribution in [2.75, 3.05) is 7.11 Å². The first-order valence-corrected chi connectivity index (χ1v) is 5.92. The van der Waals surface area contributed by atoms with E-state index in [2.05, 4.69) is 21.0 Å². The van der Waals surface area contributed by atoms with E-state index in [0.717, 1.165) is 21.5 Å².